The minimum absolute atomic E-state index is 0.511. The van der Waals surface area contributed by atoms with Crippen LogP contribution in [0.4, 0.5) is 4.79 Å². The highest BCUT2D eigenvalue weighted by Crippen LogP contribution is 2.20. The van der Waals surface area contributed by atoms with Crippen molar-refractivity contribution >= 4 is 34.8 Å². The largest absolute Gasteiger partial charge is 0.492 e. The zero-order valence-corrected chi connectivity index (χ0v) is 14.9. The molecule has 0 aliphatic carbocycles. The van der Waals surface area contributed by atoms with Crippen molar-refractivity contribution in [2.75, 3.05) is 13.7 Å². The van der Waals surface area contributed by atoms with Crippen LogP contribution in [0.2, 0.25) is 5.02 Å². The summed E-state index contributed by atoms with van der Waals surface area (Å²) in [5.41, 5.74) is 4.24. The minimum atomic E-state index is -0.610. The van der Waals surface area contributed by atoms with E-state index in [9.17, 15) is 4.79 Å². The number of nitrogens with one attached hydrogen (secondary N) is 1. The number of hydrogen-bond donors (Lipinski definition) is 1. The van der Waals surface area contributed by atoms with E-state index in [0.717, 1.165) is 22.2 Å². The Hall–Kier alpha value is -2.99. The molecule has 0 aliphatic heterocycles. The van der Waals surface area contributed by atoms with Gasteiger partial charge in [0.25, 0.3) is 0 Å². The summed E-state index contributed by atoms with van der Waals surface area (Å²) in [6, 6.07) is 15.2. The van der Waals surface area contributed by atoms with Gasteiger partial charge in [-0.05, 0) is 30.3 Å². The number of carbonyl (C=O) groups excluding carboxylic acids is 1. The van der Waals surface area contributed by atoms with Gasteiger partial charge in [0.05, 0.1) is 19.9 Å². The number of methoxy groups -OCH3 is 1. The van der Waals surface area contributed by atoms with Crippen molar-refractivity contribution < 1.29 is 14.3 Å². The normalized spacial score (nSPS) is 11.0. The molecule has 3 aromatic rings. The number of fused-ring (bicyclic) bond motifs is 1. The molecule has 0 unspecified atom stereocenters. The molecule has 134 valence electrons. The van der Waals surface area contributed by atoms with Gasteiger partial charge >= 0.3 is 6.09 Å². The summed E-state index contributed by atoms with van der Waals surface area (Å²) in [6.45, 7) is 1.18. The molecule has 0 saturated heterocycles. The maximum Gasteiger partial charge on any atom is 0.427 e. The van der Waals surface area contributed by atoms with Crippen molar-refractivity contribution in [2.24, 2.45) is 5.10 Å². The van der Waals surface area contributed by atoms with Gasteiger partial charge < -0.3 is 14.0 Å². The molecule has 0 spiro atoms. The summed E-state index contributed by atoms with van der Waals surface area (Å²) in [5, 5.41) is 5.62. The quantitative estimate of drug-likeness (QED) is 0.525. The predicted octanol–water partition coefficient (Wildman–Crippen LogP) is 4.06. The Bertz CT molecular complexity index is 919. The van der Waals surface area contributed by atoms with Crippen LogP contribution in [-0.2, 0) is 11.3 Å². The molecule has 0 radical (unpaired) electrons. The number of halogens is 1. The average molecular weight is 372 g/mol. The topological polar surface area (TPSA) is 64.8 Å². The average Bonchev–Trinajstić information content (AvgIpc) is 3.01. The predicted molar refractivity (Wildman–Crippen MR) is 102 cm³/mol. The SMILES string of the molecule is COC(=O)NN=Cc1cn(CCOc2ccc(Cl)cc2)c2ccccc12. The van der Waals surface area contributed by atoms with Gasteiger partial charge in [-0.25, -0.2) is 10.2 Å². The lowest BCUT2D eigenvalue weighted by atomic mass is 10.2. The Kier molecular flexibility index (Phi) is 5.76. The molecule has 0 saturated carbocycles. The smallest absolute Gasteiger partial charge is 0.427 e. The summed E-state index contributed by atoms with van der Waals surface area (Å²) in [4.78, 5) is 11.1. The van der Waals surface area contributed by atoms with Crippen molar-refractivity contribution in [1.29, 1.82) is 0 Å². The van der Waals surface area contributed by atoms with Crippen LogP contribution in [0, 0.1) is 0 Å². The third-order valence-electron chi connectivity index (χ3n) is 3.78. The molecule has 0 bridgehead atoms. The van der Waals surface area contributed by atoms with Gasteiger partial charge in [0.2, 0.25) is 0 Å². The fourth-order valence-electron chi connectivity index (χ4n) is 2.56. The van der Waals surface area contributed by atoms with E-state index in [1.165, 1.54) is 7.11 Å². The number of rotatable bonds is 6. The number of ether oxygens (including phenoxy) is 2. The molecule has 1 heterocycles. The van der Waals surface area contributed by atoms with E-state index < -0.39 is 6.09 Å². The minimum Gasteiger partial charge on any atom is -0.492 e. The van der Waals surface area contributed by atoms with Crippen molar-refractivity contribution in [3.8, 4) is 5.75 Å². The molecule has 1 aromatic heterocycles. The first-order valence-corrected chi connectivity index (χ1v) is 8.38. The lowest BCUT2D eigenvalue weighted by Crippen LogP contribution is -2.16. The first kappa shape index (κ1) is 17.8. The Morgan fingerprint density at radius 3 is 2.77 bits per heavy atom. The zero-order valence-electron chi connectivity index (χ0n) is 14.2. The number of para-hydroxylation sites is 1. The van der Waals surface area contributed by atoms with E-state index in [1.54, 1.807) is 18.3 Å². The fraction of sp³-hybridized carbons (Fsp3) is 0.158. The van der Waals surface area contributed by atoms with Crippen LogP contribution < -0.4 is 10.2 Å². The van der Waals surface area contributed by atoms with Gasteiger partial charge in [-0.15, -0.1) is 0 Å². The van der Waals surface area contributed by atoms with Gasteiger partial charge in [0.15, 0.2) is 0 Å². The zero-order chi connectivity index (χ0) is 18.4. The number of benzene rings is 2. The van der Waals surface area contributed by atoms with Crippen molar-refractivity contribution in [3.63, 3.8) is 0 Å². The second-order valence-electron chi connectivity index (χ2n) is 5.46. The van der Waals surface area contributed by atoms with E-state index in [1.807, 2.05) is 42.6 Å². The Labute approximate surface area is 156 Å². The summed E-state index contributed by atoms with van der Waals surface area (Å²) >= 11 is 5.87. The molecule has 1 amide bonds. The van der Waals surface area contributed by atoms with Gasteiger partial charge in [-0.1, -0.05) is 29.8 Å². The Morgan fingerprint density at radius 2 is 2.00 bits per heavy atom. The number of carbonyl (C=O) groups is 1. The number of hydrogen-bond acceptors (Lipinski definition) is 4. The number of amides is 1. The van der Waals surface area contributed by atoms with Crippen LogP contribution in [0.3, 0.4) is 0 Å². The molecule has 0 atom stereocenters. The molecular formula is C19H18ClN3O3. The molecule has 2 aromatic carbocycles. The molecule has 1 N–H and O–H groups in total. The third-order valence-corrected chi connectivity index (χ3v) is 4.03. The van der Waals surface area contributed by atoms with E-state index in [0.29, 0.717) is 18.2 Å². The summed E-state index contributed by atoms with van der Waals surface area (Å²) < 4.78 is 12.3. The maximum atomic E-state index is 11.1. The number of aromatic nitrogens is 1. The fourth-order valence-corrected chi connectivity index (χ4v) is 2.68. The highest BCUT2D eigenvalue weighted by molar-refractivity contribution is 6.30. The molecule has 7 heteroatoms. The molecule has 0 fully saturated rings. The Balaban J connectivity index is 1.71. The van der Waals surface area contributed by atoms with Crippen LogP contribution in [0.25, 0.3) is 10.9 Å². The number of hydrazone groups is 1. The highest BCUT2D eigenvalue weighted by atomic mass is 35.5. The second kappa shape index (κ2) is 8.40. The standard InChI is InChI=1S/C19H18ClN3O3/c1-25-19(24)22-21-12-14-13-23(18-5-3-2-4-17(14)18)10-11-26-16-8-6-15(20)7-9-16/h2-9,12-13H,10-11H2,1H3,(H,22,24). The number of nitrogens with zero attached hydrogens (tertiary/aromatic N) is 2. The lowest BCUT2D eigenvalue weighted by Gasteiger charge is -2.08. The van der Waals surface area contributed by atoms with Crippen molar-refractivity contribution in [3.05, 3.63) is 65.3 Å². The van der Waals surface area contributed by atoms with E-state index in [4.69, 9.17) is 16.3 Å². The first-order chi connectivity index (χ1) is 12.7. The third kappa shape index (κ3) is 4.34. The van der Waals surface area contributed by atoms with Crippen LogP contribution in [-0.4, -0.2) is 30.6 Å². The molecule has 6 nitrogen and oxygen atoms in total. The van der Waals surface area contributed by atoms with Gasteiger partial charge in [-0.2, -0.15) is 5.10 Å². The van der Waals surface area contributed by atoms with E-state index in [2.05, 4.69) is 19.8 Å². The van der Waals surface area contributed by atoms with Gasteiger partial charge in [-0.3, -0.25) is 0 Å². The van der Waals surface area contributed by atoms with Gasteiger partial charge in [0.1, 0.15) is 12.4 Å². The van der Waals surface area contributed by atoms with Crippen molar-refractivity contribution in [2.45, 2.75) is 6.54 Å². The van der Waals surface area contributed by atoms with Crippen LogP contribution in [0.15, 0.2) is 59.8 Å². The summed E-state index contributed by atoms with van der Waals surface area (Å²) in [6.07, 6.45) is 2.95. The summed E-state index contributed by atoms with van der Waals surface area (Å²) in [7, 11) is 1.29. The van der Waals surface area contributed by atoms with E-state index in [-0.39, 0.29) is 0 Å². The Morgan fingerprint density at radius 1 is 1.23 bits per heavy atom. The summed E-state index contributed by atoms with van der Waals surface area (Å²) in [5.74, 6) is 0.773. The molecule has 0 aliphatic rings. The van der Waals surface area contributed by atoms with Crippen LogP contribution >= 0.6 is 11.6 Å². The molecule has 26 heavy (non-hydrogen) atoms. The highest BCUT2D eigenvalue weighted by Gasteiger charge is 2.07. The molecular weight excluding hydrogens is 354 g/mol. The second-order valence-corrected chi connectivity index (χ2v) is 5.90. The first-order valence-electron chi connectivity index (χ1n) is 8.00. The maximum absolute atomic E-state index is 11.1. The van der Waals surface area contributed by atoms with Gasteiger partial charge in [0, 0.05) is 27.7 Å². The van der Waals surface area contributed by atoms with E-state index >= 15 is 0 Å². The monoisotopic (exact) mass is 371 g/mol. The molecule has 3 rings (SSSR count). The van der Waals surface area contributed by atoms with Crippen LogP contribution in [0.1, 0.15) is 5.56 Å². The van der Waals surface area contributed by atoms with Crippen molar-refractivity contribution in [1.82, 2.24) is 9.99 Å². The lowest BCUT2D eigenvalue weighted by molar-refractivity contribution is 0.171. The van der Waals surface area contributed by atoms with Crippen LogP contribution in [0.5, 0.6) is 5.75 Å².